The quantitative estimate of drug-likeness (QED) is 0.923. The van der Waals surface area contributed by atoms with Crippen LogP contribution in [0.2, 0.25) is 0 Å². The monoisotopic (exact) mass is 341 g/mol. The van der Waals surface area contributed by atoms with Gasteiger partial charge in [0.2, 0.25) is 10.0 Å². The third-order valence-corrected chi connectivity index (χ3v) is 4.34. The molecule has 0 aliphatic carbocycles. The predicted octanol–water partition coefficient (Wildman–Crippen LogP) is 2.03. The number of halogens is 1. The van der Waals surface area contributed by atoms with Gasteiger partial charge in [0.25, 0.3) is 0 Å². The van der Waals surface area contributed by atoms with Crippen LogP contribution in [-0.4, -0.2) is 18.4 Å². The molecule has 19 heavy (non-hydrogen) atoms. The Morgan fingerprint density at radius 2 is 2.16 bits per heavy atom. The first-order valence-corrected chi connectivity index (χ1v) is 7.77. The smallest absolute Gasteiger partial charge is 0.242 e. The lowest BCUT2D eigenvalue weighted by Gasteiger charge is -2.08. The van der Waals surface area contributed by atoms with Gasteiger partial charge in [-0.1, -0.05) is 6.07 Å². The lowest BCUT2D eigenvalue weighted by atomic mass is 10.2. The minimum atomic E-state index is -3.58. The predicted molar refractivity (Wildman–Crippen MR) is 74.9 cm³/mol. The zero-order valence-corrected chi connectivity index (χ0v) is 12.6. The molecule has 0 fully saturated rings. The van der Waals surface area contributed by atoms with Gasteiger partial charge in [0, 0.05) is 23.1 Å². The normalized spacial score (nSPS) is 11.5. The lowest BCUT2D eigenvalue weighted by Crippen LogP contribution is -2.24. The first-order chi connectivity index (χ1) is 8.99. The fourth-order valence-electron chi connectivity index (χ4n) is 1.49. The molecule has 0 spiro atoms. The Labute approximate surface area is 120 Å². The van der Waals surface area contributed by atoms with E-state index >= 15 is 0 Å². The summed E-state index contributed by atoms with van der Waals surface area (Å²) < 4.78 is 27.3. The molecule has 0 aliphatic heterocycles. The molecule has 0 saturated heterocycles. The standard InChI is InChI=1S/C12H12BrN3O2S/c1-9-3-2-4-15-12(9)8-16-19(17,18)11-5-10(13)6-14-7-11/h2-7,16H,8H2,1H3. The van der Waals surface area contributed by atoms with Crippen molar-refractivity contribution in [1.29, 1.82) is 0 Å². The fourth-order valence-corrected chi connectivity index (χ4v) is 2.98. The van der Waals surface area contributed by atoms with Gasteiger partial charge in [-0.25, -0.2) is 13.1 Å². The summed E-state index contributed by atoms with van der Waals surface area (Å²) in [6, 6.07) is 5.20. The maximum Gasteiger partial charge on any atom is 0.242 e. The van der Waals surface area contributed by atoms with Gasteiger partial charge >= 0.3 is 0 Å². The summed E-state index contributed by atoms with van der Waals surface area (Å²) in [7, 11) is -3.58. The number of hydrogen-bond donors (Lipinski definition) is 1. The van der Waals surface area contributed by atoms with Gasteiger partial charge in [-0.3, -0.25) is 9.97 Å². The van der Waals surface area contributed by atoms with Gasteiger partial charge in [-0.05, 0) is 40.5 Å². The second-order valence-electron chi connectivity index (χ2n) is 3.93. The van der Waals surface area contributed by atoms with Crippen LogP contribution in [-0.2, 0) is 16.6 Å². The number of sulfonamides is 1. The molecule has 2 aromatic rings. The van der Waals surface area contributed by atoms with E-state index < -0.39 is 10.0 Å². The van der Waals surface area contributed by atoms with E-state index in [1.165, 1.54) is 18.5 Å². The van der Waals surface area contributed by atoms with Crippen molar-refractivity contribution in [3.63, 3.8) is 0 Å². The van der Waals surface area contributed by atoms with Crippen molar-refractivity contribution in [2.45, 2.75) is 18.4 Å². The van der Waals surface area contributed by atoms with Gasteiger partial charge in [-0.2, -0.15) is 0 Å². The summed E-state index contributed by atoms with van der Waals surface area (Å²) >= 11 is 3.20. The molecule has 0 amide bonds. The molecule has 0 aliphatic rings. The molecule has 2 rings (SSSR count). The molecule has 7 heteroatoms. The SMILES string of the molecule is Cc1cccnc1CNS(=O)(=O)c1cncc(Br)c1. The van der Waals surface area contributed by atoms with Crippen LogP contribution in [0.5, 0.6) is 0 Å². The van der Waals surface area contributed by atoms with Crippen LogP contribution < -0.4 is 4.72 Å². The highest BCUT2D eigenvalue weighted by Gasteiger charge is 2.15. The van der Waals surface area contributed by atoms with Crippen LogP contribution in [0.25, 0.3) is 0 Å². The van der Waals surface area contributed by atoms with Crippen molar-refractivity contribution in [3.05, 3.63) is 52.5 Å². The average Bonchev–Trinajstić information content (AvgIpc) is 2.38. The number of pyridine rings is 2. The lowest BCUT2D eigenvalue weighted by molar-refractivity contribution is 0.579. The number of rotatable bonds is 4. The third kappa shape index (κ3) is 3.59. The third-order valence-electron chi connectivity index (χ3n) is 2.54. The number of nitrogens with zero attached hydrogens (tertiary/aromatic N) is 2. The highest BCUT2D eigenvalue weighted by atomic mass is 79.9. The first-order valence-electron chi connectivity index (χ1n) is 5.50. The van der Waals surface area contributed by atoms with Crippen molar-refractivity contribution in [2.75, 3.05) is 0 Å². The van der Waals surface area contributed by atoms with E-state index in [4.69, 9.17) is 0 Å². The first kappa shape index (κ1) is 14.1. The molecule has 1 N–H and O–H groups in total. The van der Waals surface area contributed by atoms with Gasteiger partial charge in [0.05, 0.1) is 12.2 Å². The Morgan fingerprint density at radius 3 is 2.84 bits per heavy atom. The van der Waals surface area contributed by atoms with Crippen LogP contribution >= 0.6 is 15.9 Å². The topological polar surface area (TPSA) is 72.0 Å². The van der Waals surface area contributed by atoms with Crippen molar-refractivity contribution in [2.24, 2.45) is 0 Å². The van der Waals surface area contributed by atoms with Crippen LogP contribution in [0, 0.1) is 6.92 Å². The summed E-state index contributed by atoms with van der Waals surface area (Å²) in [5.41, 5.74) is 1.64. The van der Waals surface area contributed by atoms with E-state index in [1.807, 2.05) is 19.1 Å². The van der Waals surface area contributed by atoms with E-state index in [9.17, 15) is 8.42 Å². The van der Waals surface area contributed by atoms with Crippen molar-refractivity contribution >= 4 is 26.0 Å². The van der Waals surface area contributed by atoms with Crippen LogP contribution in [0.3, 0.4) is 0 Å². The second kappa shape index (κ2) is 5.77. The zero-order chi connectivity index (χ0) is 13.9. The molecular weight excluding hydrogens is 330 g/mol. The van der Waals surface area contributed by atoms with Gasteiger partial charge < -0.3 is 0 Å². The Morgan fingerprint density at radius 1 is 1.37 bits per heavy atom. The summed E-state index contributed by atoms with van der Waals surface area (Å²) in [5, 5.41) is 0. The maximum absolute atomic E-state index is 12.1. The molecule has 0 radical (unpaired) electrons. The van der Waals surface area contributed by atoms with Crippen LogP contribution in [0.1, 0.15) is 11.3 Å². The highest BCUT2D eigenvalue weighted by molar-refractivity contribution is 9.10. The van der Waals surface area contributed by atoms with E-state index in [1.54, 1.807) is 6.20 Å². The molecule has 100 valence electrons. The summed E-state index contributed by atoms with van der Waals surface area (Å²) in [6.45, 7) is 2.04. The van der Waals surface area contributed by atoms with Crippen LogP contribution in [0.4, 0.5) is 0 Å². The summed E-state index contributed by atoms with van der Waals surface area (Å²) in [4.78, 5) is 8.10. The van der Waals surface area contributed by atoms with Crippen molar-refractivity contribution < 1.29 is 8.42 Å². The zero-order valence-electron chi connectivity index (χ0n) is 10.2. The van der Waals surface area contributed by atoms with Crippen molar-refractivity contribution in [3.8, 4) is 0 Å². The van der Waals surface area contributed by atoms with Crippen LogP contribution in [0.15, 0.2) is 46.2 Å². The van der Waals surface area contributed by atoms with E-state index in [2.05, 4.69) is 30.6 Å². The molecule has 0 atom stereocenters. The molecule has 0 bridgehead atoms. The number of aryl methyl sites for hydroxylation is 1. The fraction of sp³-hybridized carbons (Fsp3) is 0.167. The molecule has 2 aromatic heterocycles. The number of nitrogens with one attached hydrogen (secondary N) is 1. The largest absolute Gasteiger partial charge is 0.262 e. The van der Waals surface area contributed by atoms with Gasteiger partial charge in [0.1, 0.15) is 4.90 Å². The summed E-state index contributed by atoms with van der Waals surface area (Å²) in [5.74, 6) is 0. The van der Waals surface area contributed by atoms with E-state index in [0.717, 1.165) is 5.56 Å². The molecule has 5 nitrogen and oxygen atoms in total. The Balaban J connectivity index is 2.17. The van der Waals surface area contributed by atoms with Gasteiger partial charge in [0.15, 0.2) is 0 Å². The second-order valence-corrected chi connectivity index (χ2v) is 6.61. The van der Waals surface area contributed by atoms with E-state index in [-0.39, 0.29) is 11.4 Å². The van der Waals surface area contributed by atoms with Gasteiger partial charge in [-0.15, -0.1) is 0 Å². The number of aromatic nitrogens is 2. The Hall–Kier alpha value is -1.31. The van der Waals surface area contributed by atoms with Crippen molar-refractivity contribution in [1.82, 2.24) is 14.7 Å². The van der Waals surface area contributed by atoms with E-state index in [0.29, 0.717) is 10.2 Å². The molecule has 2 heterocycles. The minimum absolute atomic E-state index is 0.121. The molecule has 0 unspecified atom stereocenters. The molecular formula is C12H12BrN3O2S. The summed E-state index contributed by atoms with van der Waals surface area (Å²) in [6.07, 6.45) is 4.47. The highest BCUT2D eigenvalue weighted by Crippen LogP contribution is 2.14. The number of hydrogen-bond acceptors (Lipinski definition) is 4. The maximum atomic E-state index is 12.1. The molecule has 0 aromatic carbocycles. The average molecular weight is 342 g/mol. The minimum Gasteiger partial charge on any atom is -0.262 e. The Kier molecular flexibility index (Phi) is 4.28. The molecule has 0 saturated carbocycles. The Bertz CT molecular complexity index is 689.